The third-order valence-corrected chi connectivity index (χ3v) is 4.63. The van der Waals surface area contributed by atoms with Gasteiger partial charge in [-0.25, -0.2) is 4.79 Å². The molecule has 2 aromatic carbocycles. The van der Waals surface area contributed by atoms with Crippen LogP contribution in [0, 0.1) is 6.92 Å². The van der Waals surface area contributed by atoms with Crippen LogP contribution in [-0.4, -0.2) is 31.7 Å². The Hall–Kier alpha value is -2.69. The number of likely N-dealkylation sites (tertiary alicyclic amines) is 1. The summed E-state index contributed by atoms with van der Waals surface area (Å²) in [5.74, 6) is 1.27. The molecule has 1 aliphatic heterocycles. The third-order valence-electron chi connectivity index (χ3n) is 4.63. The van der Waals surface area contributed by atoms with E-state index in [1.54, 1.807) is 32.4 Å². The number of ether oxygens (including phenoxy) is 2. The molecular formula is C20H24N2O3. The largest absolute Gasteiger partial charge is 0.497 e. The molecule has 5 heteroatoms. The van der Waals surface area contributed by atoms with E-state index in [-0.39, 0.29) is 12.1 Å². The molecule has 0 saturated carbocycles. The second kappa shape index (κ2) is 7.47. The Bertz CT molecular complexity index is 743. The molecule has 1 heterocycles. The van der Waals surface area contributed by atoms with E-state index in [4.69, 9.17) is 9.47 Å². The van der Waals surface area contributed by atoms with Crippen LogP contribution in [0.2, 0.25) is 0 Å². The van der Waals surface area contributed by atoms with E-state index in [2.05, 4.69) is 36.5 Å². The van der Waals surface area contributed by atoms with Gasteiger partial charge in [0.2, 0.25) is 0 Å². The van der Waals surface area contributed by atoms with Gasteiger partial charge in [0.1, 0.15) is 11.5 Å². The second-order valence-corrected chi connectivity index (χ2v) is 6.26. The molecule has 0 aromatic heterocycles. The number of carbonyl (C=O) groups is 1. The van der Waals surface area contributed by atoms with Crippen molar-refractivity contribution in [3.8, 4) is 11.5 Å². The van der Waals surface area contributed by atoms with Gasteiger partial charge in [-0.2, -0.15) is 0 Å². The number of amides is 2. The van der Waals surface area contributed by atoms with Crippen LogP contribution in [0.4, 0.5) is 10.5 Å². The maximum absolute atomic E-state index is 12.8. The van der Waals surface area contributed by atoms with Crippen molar-refractivity contribution < 1.29 is 14.3 Å². The number of urea groups is 1. The molecule has 2 amide bonds. The number of carbonyl (C=O) groups excluding carboxylic acids is 1. The van der Waals surface area contributed by atoms with Gasteiger partial charge in [0, 0.05) is 12.6 Å². The van der Waals surface area contributed by atoms with Gasteiger partial charge in [0.15, 0.2) is 0 Å². The Morgan fingerprint density at radius 2 is 1.88 bits per heavy atom. The number of benzene rings is 2. The van der Waals surface area contributed by atoms with Crippen LogP contribution in [0.1, 0.15) is 30.0 Å². The van der Waals surface area contributed by atoms with Crippen molar-refractivity contribution in [3.05, 3.63) is 53.6 Å². The number of methoxy groups -OCH3 is 2. The molecule has 0 bridgehead atoms. The van der Waals surface area contributed by atoms with Crippen molar-refractivity contribution in [2.24, 2.45) is 0 Å². The molecule has 0 spiro atoms. The minimum atomic E-state index is -0.105. The zero-order chi connectivity index (χ0) is 17.8. The van der Waals surface area contributed by atoms with Crippen molar-refractivity contribution in [1.29, 1.82) is 0 Å². The predicted molar refractivity (Wildman–Crippen MR) is 98.4 cm³/mol. The minimum Gasteiger partial charge on any atom is -0.497 e. The van der Waals surface area contributed by atoms with Gasteiger partial charge >= 0.3 is 6.03 Å². The van der Waals surface area contributed by atoms with E-state index >= 15 is 0 Å². The van der Waals surface area contributed by atoms with Crippen LogP contribution in [0.3, 0.4) is 0 Å². The molecule has 1 saturated heterocycles. The fourth-order valence-corrected chi connectivity index (χ4v) is 3.23. The van der Waals surface area contributed by atoms with E-state index in [9.17, 15) is 4.79 Å². The quantitative estimate of drug-likeness (QED) is 0.898. The molecule has 0 radical (unpaired) electrons. The normalized spacial score (nSPS) is 16.6. The molecule has 3 rings (SSSR count). The lowest BCUT2D eigenvalue weighted by Gasteiger charge is -2.26. The molecule has 0 unspecified atom stereocenters. The van der Waals surface area contributed by atoms with Gasteiger partial charge in [-0.3, -0.25) is 0 Å². The molecule has 2 aromatic rings. The number of anilines is 1. The monoisotopic (exact) mass is 340 g/mol. The molecule has 1 aliphatic rings. The molecule has 5 nitrogen and oxygen atoms in total. The molecule has 1 fully saturated rings. The number of rotatable bonds is 4. The molecule has 25 heavy (non-hydrogen) atoms. The Labute approximate surface area is 148 Å². The average Bonchev–Trinajstić information content (AvgIpc) is 3.12. The molecule has 1 atom stereocenters. The van der Waals surface area contributed by atoms with Gasteiger partial charge in [-0.05, 0) is 37.5 Å². The topological polar surface area (TPSA) is 50.8 Å². The van der Waals surface area contributed by atoms with Crippen LogP contribution in [0.15, 0.2) is 42.5 Å². The number of hydrogen-bond donors (Lipinski definition) is 1. The summed E-state index contributed by atoms with van der Waals surface area (Å²) in [5, 5.41) is 2.97. The Kier molecular flexibility index (Phi) is 5.12. The van der Waals surface area contributed by atoms with E-state index in [0.717, 1.165) is 19.4 Å². The smallest absolute Gasteiger partial charge is 0.322 e. The Morgan fingerprint density at radius 3 is 2.56 bits per heavy atom. The number of nitrogens with zero attached hydrogens (tertiary/aromatic N) is 1. The predicted octanol–water partition coefficient (Wildman–Crippen LogP) is 4.38. The van der Waals surface area contributed by atoms with Crippen LogP contribution in [0.5, 0.6) is 11.5 Å². The van der Waals surface area contributed by atoms with Crippen molar-refractivity contribution in [3.63, 3.8) is 0 Å². The Morgan fingerprint density at radius 1 is 1.12 bits per heavy atom. The zero-order valence-electron chi connectivity index (χ0n) is 14.9. The molecular weight excluding hydrogens is 316 g/mol. The summed E-state index contributed by atoms with van der Waals surface area (Å²) in [4.78, 5) is 14.7. The van der Waals surface area contributed by atoms with Gasteiger partial charge in [-0.15, -0.1) is 0 Å². The summed E-state index contributed by atoms with van der Waals surface area (Å²) in [6.45, 7) is 2.82. The lowest BCUT2D eigenvalue weighted by Crippen LogP contribution is -2.34. The standard InChI is InChI=1S/C20H24N2O3/c1-14-6-8-15(9-7-14)18-5-4-12-22(18)20(23)21-17-11-10-16(24-2)13-19(17)25-3/h6-11,13,18H,4-5,12H2,1-3H3,(H,21,23)/t18-/m1/s1. The number of hydrogen-bond acceptors (Lipinski definition) is 3. The van der Waals surface area contributed by atoms with Crippen molar-refractivity contribution in [2.75, 3.05) is 26.1 Å². The summed E-state index contributed by atoms with van der Waals surface area (Å²) in [7, 11) is 3.18. The van der Waals surface area contributed by atoms with Gasteiger partial charge < -0.3 is 19.7 Å². The summed E-state index contributed by atoms with van der Waals surface area (Å²) in [5.41, 5.74) is 3.04. The first-order valence-electron chi connectivity index (χ1n) is 8.48. The average molecular weight is 340 g/mol. The van der Waals surface area contributed by atoms with Crippen molar-refractivity contribution in [2.45, 2.75) is 25.8 Å². The van der Waals surface area contributed by atoms with Crippen LogP contribution >= 0.6 is 0 Å². The van der Waals surface area contributed by atoms with Crippen LogP contribution in [-0.2, 0) is 0 Å². The minimum absolute atomic E-state index is 0.105. The lowest BCUT2D eigenvalue weighted by atomic mass is 10.0. The SMILES string of the molecule is COc1ccc(NC(=O)N2CCC[C@@H]2c2ccc(C)cc2)c(OC)c1. The maximum Gasteiger partial charge on any atom is 0.322 e. The van der Waals surface area contributed by atoms with E-state index < -0.39 is 0 Å². The molecule has 132 valence electrons. The maximum atomic E-state index is 12.8. The van der Waals surface area contributed by atoms with Crippen molar-refractivity contribution in [1.82, 2.24) is 4.90 Å². The first-order valence-corrected chi connectivity index (χ1v) is 8.48. The second-order valence-electron chi connectivity index (χ2n) is 6.26. The zero-order valence-corrected chi connectivity index (χ0v) is 14.9. The highest BCUT2D eigenvalue weighted by molar-refractivity contribution is 5.91. The van der Waals surface area contributed by atoms with Crippen LogP contribution < -0.4 is 14.8 Å². The van der Waals surface area contributed by atoms with Gasteiger partial charge in [0.25, 0.3) is 0 Å². The van der Waals surface area contributed by atoms with Crippen molar-refractivity contribution >= 4 is 11.7 Å². The highest BCUT2D eigenvalue weighted by Gasteiger charge is 2.30. The van der Waals surface area contributed by atoms with E-state index in [0.29, 0.717) is 17.2 Å². The number of nitrogens with one attached hydrogen (secondary N) is 1. The first kappa shape index (κ1) is 17.1. The van der Waals surface area contributed by atoms with E-state index in [1.165, 1.54) is 11.1 Å². The summed E-state index contributed by atoms with van der Waals surface area (Å²) < 4.78 is 10.6. The molecule has 0 aliphatic carbocycles. The van der Waals surface area contributed by atoms with Crippen LogP contribution in [0.25, 0.3) is 0 Å². The number of aryl methyl sites for hydroxylation is 1. The highest BCUT2D eigenvalue weighted by Crippen LogP contribution is 2.34. The third kappa shape index (κ3) is 3.71. The molecule has 1 N–H and O–H groups in total. The fraction of sp³-hybridized carbons (Fsp3) is 0.350. The van der Waals surface area contributed by atoms with Gasteiger partial charge in [0.05, 0.1) is 25.9 Å². The lowest BCUT2D eigenvalue weighted by molar-refractivity contribution is 0.207. The summed E-state index contributed by atoms with van der Waals surface area (Å²) >= 11 is 0. The summed E-state index contributed by atoms with van der Waals surface area (Å²) in [6.07, 6.45) is 1.99. The van der Waals surface area contributed by atoms with Gasteiger partial charge in [-0.1, -0.05) is 29.8 Å². The van der Waals surface area contributed by atoms with E-state index in [1.807, 2.05) is 4.90 Å². The summed E-state index contributed by atoms with van der Waals surface area (Å²) in [6, 6.07) is 13.8. The highest BCUT2D eigenvalue weighted by atomic mass is 16.5. The Balaban J connectivity index is 1.77. The fourth-order valence-electron chi connectivity index (χ4n) is 3.23. The first-order chi connectivity index (χ1) is 12.1.